The molecular weight excluding hydrogens is 228 g/mol. The molecule has 3 fully saturated rings. The number of ether oxygens (including phenoxy) is 1. The van der Waals surface area contributed by atoms with E-state index in [2.05, 4.69) is 6.92 Å². The Balaban J connectivity index is 2.03. The van der Waals surface area contributed by atoms with Gasteiger partial charge in [-0.2, -0.15) is 0 Å². The summed E-state index contributed by atoms with van der Waals surface area (Å²) in [5.41, 5.74) is -0.471. The lowest BCUT2D eigenvalue weighted by molar-refractivity contribution is -0.239. The molecule has 18 heavy (non-hydrogen) atoms. The van der Waals surface area contributed by atoms with E-state index in [1.54, 1.807) is 0 Å². The van der Waals surface area contributed by atoms with Gasteiger partial charge in [0, 0.05) is 12.3 Å². The van der Waals surface area contributed by atoms with Crippen molar-refractivity contribution in [3.8, 4) is 0 Å². The van der Waals surface area contributed by atoms with Gasteiger partial charge in [0.1, 0.15) is 5.78 Å². The van der Waals surface area contributed by atoms with Crippen LogP contribution >= 0.6 is 0 Å². The first-order valence-electron chi connectivity index (χ1n) is 7.19. The molecule has 4 atom stereocenters. The normalized spacial score (nSPS) is 46.7. The minimum absolute atomic E-state index is 0.0550. The molecule has 0 aliphatic heterocycles. The van der Waals surface area contributed by atoms with Crippen LogP contribution in [-0.4, -0.2) is 18.9 Å². The predicted octanol–water partition coefficient (Wildman–Crippen LogP) is 2.73. The van der Waals surface area contributed by atoms with Gasteiger partial charge in [-0.25, -0.2) is 0 Å². The SMILES string of the molecule is COC(=O)C12CCCCC1C1C(=O)CCCC12C. The number of rotatable bonds is 1. The third kappa shape index (κ3) is 1.16. The Hall–Kier alpha value is -0.860. The average Bonchev–Trinajstić information content (AvgIpc) is 2.36. The van der Waals surface area contributed by atoms with Crippen molar-refractivity contribution in [2.24, 2.45) is 22.7 Å². The number of esters is 1. The second-order valence-corrected chi connectivity index (χ2v) is 6.53. The number of methoxy groups -OCH3 is 1. The Bertz CT molecular complexity index is 403. The van der Waals surface area contributed by atoms with E-state index < -0.39 is 0 Å². The van der Waals surface area contributed by atoms with E-state index in [-0.39, 0.29) is 28.6 Å². The zero-order valence-corrected chi connectivity index (χ0v) is 11.3. The maximum atomic E-state index is 12.4. The fraction of sp³-hybridized carbons (Fsp3) is 0.867. The van der Waals surface area contributed by atoms with E-state index in [0.717, 1.165) is 38.5 Å². The van der Waals surface area contributed by atoms with Crippen molar-refractivity contribution in [1.29, 1.82) is 0 Å². The van der Waals surface area contributed by atoms with E-state index in [4.69, 9.17) is 4.74 Å². The van der Waals surface area contributed by atoms with Gasteiger partial charge in [-0.1, -0.05) is 19.8 Å². The van der Waals surface area contributed by atoms with Gasteiger partial charge in [0.15, 0.2) is 0 Å². The summed E-state index contributed by atoms with van der Waals surface area (Å²) < 4.78 is 5.11. The highest BCUT2D eigenvalue weighted by molar-refractivity contribution is 5.90. The molecule has 4 unspecified atom stereocenters. The smallest absolute Gasteiger partial charge is 0.312 e. The summed E-state index contributed by atoms with van der Waals surface area (Å²) >= 11 is 0. The summed E-state index contributed by atoms with van der Waals surface area (Å²) in [7, 11) is 1.49. The van der Waals surface area contributed by atoms with Gasteiger partial charge in [-0.15, -0.1) is 0 Å². The summed E-state index contributed by atoms with van der Waals surface area (Å²) in [6.07, 6.45) is 6.87. The van der Waals surface area contributed by atoms with Crippen LogP contribution in [0.3, 0.4) is 0 Å². The van der Waals surface area contributed by atoms with Crippen LogP contribution in [0, 0.1) is 22.7 Å². The number of hydrogen-bond acceptors (Lipinski definition) is 3. The predicted molar refractivity (Wildman–Crippen MR) is 66.9 cm³/mol. The highest BCUT2D eigenvalue weighted by atomic mass is 16.5. The number of Topliss-reactive ketones (excluding diaryl/α,β-unsaturated/α-hetero) is 1. The van der Waals surface area contributed by atoms with Crippen molar-refractivity contribution in [1.82, 2.24) is 0 Å². The molecule has 3 heteroatoms. The number of fused-ring (bicyclic) bond motifs is 4. The lowest BCUT2D eigenvalue weighted by atomic mass is 9.32. The third-order valence-corrected chi connectivity index (χ3v) is 6.09. The molecule has 0 aromatic carbocycles. The number of ketones is 1. The van der Waals surface area contributed by atoms with E-state index >= 15 is 0 Å². The molecular formula is C15H22O3. The molecule has 0 bridgehead atoms. The molecule has 3 aliphatic rings. The van der Waals surface area contributed by atoms with Crippen LogP contribution in [0.5, 0.6) is 0 Å². The Morgan fingerprint density at radius 3 is 2.78 bits per heavy atom. The second kappa shape index (κ2) is 3.82. The largest absolute Gasteiger partial charge is 0.469 e. The van der Waals surface area contributed by atoms with Crippen LogP contribution in [0.2, 0.25) is 0 Å². The summed E-state index contributed by atoms with van der Waals surface area (Å²) in [4.78, 5) is 24.6. The van der Waals surface area contributed by atoms with Gasteiger partial charge in [0.25, 0.3) is 0 Å². The molecule has 0 radical (unpaired) electrons. The van der Waals surface area contributed by atoms with Gasteiger partial charge in [0.05, 0.1) is 12.5 Å². The summed E-state index contributed by atoms with van der Waals surface area (Å²) in [6.45, 7) is 2.16. The van der Waals surface area contributed by atoms with Crippen LogP contribution in [0.15, 0.2) is 0 Å². The number of carbonyl (C=O) groups excluding carboxylic acids is 2. The van der Waals surface area contributed by atoms with E-state index in [1.165, 1.54) is 7.11 Å². The lowest BCUT2D eigenvalue weighted by Gasteiger charge is -2.69. The molecule has 3 aliphatic carbocycles. The maximum Gasteiger partial charge on any atom is 0.312 e. The second-order valence-electron chi connectivity index (χ2n) is 6.53. The van der Waals surface area contributed by atoms with Crippen LogP contribution in [0.25, 0.3) is 0 Å². The molecule has 0 saturated heterocycles. The first-order chi connectivity index (χ1) is 8.58. The van der Waals surface area contributed by atoms with Crippen molar-refractivity contribution >= 4 is 11.8 Å². The zero-order chi connectivity index (χ0) is 13.0. The monoisotopic (exact) mass is 250 g/mol. The van der Waals surface area contributed by atoms with Crippen LogP contribution in [0.1, 0.15) is 51.9 Å². The third-order valence-electron chi connectivity index (χ3n) is 6.09. The molecule has 3 nitrogen and oxygen atoms in total. The zero-order valence-electron chi connectivity index (χ0n) is 11.3. The van der Waals surface area contributed by atoms with Gasteiger partial charge in [-0.3, -0.25) is 9.59 Å². The van der Waals surface area contributed by atoms with Crippen LogP contribution < -0.4 is 0 Å². The van der Waals surface area contributed by atoms with Gasteiger partial charge in [0.2, 0.25) is 0 Å². The minimum Gasteiger partial charge on any atom is -0.469 e. The molecule has 0 aromatic heterocycles. The molecule has 100 valence electrons. The summed E-state index contributed by atoms with van der Waals surface area (Å²) in [5.74, 6) is 0.734. The average molecular weight is 250 g/mol. The molecule has 3 saturated carbocycles. The highest BCUT2D eigenvalue weighted by Gasteiger charge is 2.75. The van der Waals surface area contributed by atoms with Crippen molar-refractivity contribution in [3.63, 3.8) is 0 Å². The van der Waals surface area contributed by atoms with E-state index in [9.17, 15) is 9.59 Å². The Morgan fingerprint density at radius 2 is 2.06 bits per heavy atom. The lowest BCUT2D eigenvalue weighted by Crippen LogP contribution is -2.71. The number of carbonyl (C=O) groups is 2. The molecule has 3 rings (SSSR count). The Kier molecular flexibility index (Phi) is 2.58. The first kappa shape index (κ1) is 12.2. The molecule has 0 amide bonds. The quantitative estimate of drug-likeness (QED) is 0.672. The minimum atomic E-state index is -0.346. The topological polar surface area (TPSA) is 43.4 Å². The van der Waals surface area contributed by atoms with E-state index in [0.29, 0.717) is 12.2 Å². The van der Waals surface area contributed by atoms with Gasteiger partial charge in [-0.05, 0) is 37.0 Å². The number of hydrogen-bond donors (Lipinski definition) is 0. The Labute approximate surface area is 108 Å². The fourth-order valence-electron chi connectivity index (χ4n) is 5.40. The summed E-state index contributed by atoms with van der Waals surface area (Å²) in [6, 6.07) is 0. The highest BCUT2D eigenvalue weighted by Crippen LogP contribution is 2.73. The molecule has 0 spiro atoms. The molecule has 0 N–H and O–H groups in total. The van der Waals surface area contributed by atoms with Crippen molar-refractivity contribution < 1.29 is 14.3 Å². The van der Waals surface area contributed by atoms with Crippen LogP contribution in [-0.2, 0) is 14.3 Å². The fourth-order valence-corrected chi connectivity index (χ4v) is 5.40. The molecule has 0 aromatic rings. The molecule has 0 heterocycles. The summed E-state index contributed by atoms with van der Waals surface area (Å²) in [5, 5.41) is 0. The van der Waals surface area contributed by atoms with Crippen molar-refractivity contribution in [3.05, 3.63) is 0 Å². The maximum absolute atomic E-state index is 12.4. The Morgan fingerprint density at radius 1 is 1.28 bits per heavy atom. The van der Waals surface area contributed by atoms with Crippen molar-refractivity contribution in [2.75, 3.05) is 7.11 Å². The first-order valence-corrected chi connectivity index (χ1v) is 7.19. The van der Waals surface area contributed by atoms with E-state index in [1.807, 2.05) is 0 Å². The van der Waals surface area contributed by atoms with Gasteiger partial charge >= 0.3 is 5.97 Å². The standard InChI is InChI=1S/C15H22O3/c1-14-8-5-7-11(16)12(14)10-6-3-4-9-15(10,14)13(17)18-2/h10,12H,3-9H2,1-2H3. The van der Waals surface area contributed by atoms with Crippen molar-refractivity contribution in [2.45, 2.75) is 51.9 Å². The van der Waals surface area contributed by atoms with Gasteiger partial charge < -0.3 is 4.74 Å². The van der Waals surface area contributed by atoms with Crippen LogP contribution in [0.4, 0.5) is 0 Å².